The Balaban J connectivity index is 1.63. The smallest absolute Gasteiger partial charge is 0.255 e. The van der Waals surface area contributed by atoms with Gasteiger partial charge in [0, 0.05) is 32.6 Å². The monoisotopic (exact) mass is 382 g/mol. The first-order valence-corrected chi connectivity index (χ1v) is 9.01. The van der Waals surface area contributed by atoms with E-state index in [0.717, 1.165) is 22.5 Å². The average molecular weight is 383 g/mol. The molecule has 0 unspecified atom stereocenters. The average Bonchev–Trinajstić information content (AvgIpc) is 3.30. The molecule has 1 aliphatic heterocycles. The molecule has 0 saturated carbocycles. The first kappa shape index (κ1) is 17.5. The Morgan fingerprint density at radius 3 is 2.70 bits per heavy atom. The van der Waals surface area contributed by atoms with Crippen molar-refractivity contribution in [1.82, 2.24) is 29.7 Å². The molecule has 0 bridgehead atoms. The van der Waals surface area contributed by atoms with Gasteiger partial charge in [0.15, 0.2) is 0 Å². The molecule has 0 saturated heterocycles. The highest BCUT2D eigenvalue weighted by Crippen LogP contribution is 2.36. The maximum absolute atomic E-state index is 13.0. The van der Waals surface area contributed by atoms with Crippen LogP contribution in [0.3, 0.4) is 0 Å². The lowest BCUT2D eigenvalue weighted by atomic mass is 10.0. The standard InChI is InChI=1S/C19H19ClN6O/c1-24-13(11-21-23-24)6-5-9-26-17(10-18-16(20)12-22-25(18)2)14-7-3-4-8-15(14)19(26)27/h3-8,11-12,17H,9-10H2,1-2H3/b6-5+/t17-/m0/s1. The highest BCUT2D eigenvalue weighted by Gasteiger charge is 2.36. The number of hydrogen-bond donors (Lipinski definition) is 0. The third-order valence-corrected chi connectivity index (χ3v) is 5.24. The van der Waals surface area contributed by atoms with Gasteiger partial charge in [-0.3, -0.25) is 9.48 Å². The van der Waals surface area contributed by atoms with Gasteiger partial charge in [0.25, 0.3) is 5.91 Å². The predicted octanol–water partition coefficient (Wildman–Crippen LogP) is 2.66. The molecule has 138 valence electrons. The Kier molecular flexibility index (Phi) is 4.53. The summed E-state index contributed by atoms with van der Waals surface area (Å²) in [6.45, 7) is 0.485. The summed E-state index contributed by atoms with van der Waals surface area (Å²) in [5.74, 6) is 0.0293. The molecular weight excluding hydrogens is 364 g/mol. The van der Waals surface area contributed by atoms with E-state index in [1.807, 2.05) is 55.4 Å². The van der Waals surface area contributed by atoms with Crippen molar-refractivity contribution < 1.29 is 4.79 Å². The zero-order chi connectivity index (χ0) is 19.0. The number of aromatic nitrogens is 5. The molecular formula is C19H19ClN6O. The third-order valence-electron chi connectivity index (χ3n) is 4.92. The van der Waals surface area contributed by atoms with Gasteiger partial charge in [-0.25, -0.2) is 4.68 Å². The summed E-state index contributed by atoms with van der Waals surface area (Å²) >= 11 is 6.31. The van der Waals surface area contributed by atoms with Gasteiger partial charge in [-0.15, -0.1) is 5.10 Å². The quantitative estimate of drug-likeness (QED) is 0.680. The van der Waals surface area contributed by atoms with Gasteiger partial charge in [-0.05, 0) is 17.7 Å². The van der Waals surface area contributed by atoms with Gasteiger partial charge in [0.2, 0.25) is 0 Å². The normalized spacial score (nSPS) is 16.5. The van der Waals surface area contributed by atoms with Gasteiger partial charge >= 0.3 is 0 Å². The van der Waals surface area contributed by atoms with E-state index < -0.39 is 0 Å². The molecule has 7 nitrogen and oxygen atoms in total. The van der Waals surface area contributed by atoms with Gasteiger partial charge in [-0.1, -0.05) is 41.1 Å². The van der Waals surface area contributed by atoms with Crippen LogP contribution in [0.4, 0.5) is 0 Å². The number of halogens is 1. The number of carbonyl (C=O) groups excluding carboxylic acids is 1. The van der Waals surface area contributed by atoms with Crippen LogP contribution >= 0.6 is 11.6 Å². The van der Waals surface area contributed by atoms with E-state index in [1.54, 1.807) is 21.8 Å². The second kappa shape index (κ2) is 7.00. The topological polar surface area (TPSA) is 68.8 Å². The van der Waals surface area contributed by atoms with Crippen LogP contribution in [-0.2, 0) is 20.5 Å². The van der Waals surface area contributed by atoms with Crippen LogP contribution in [0.15, 0.2) is 42.7 Å². The fourth-order valence-corrected chi connectivity index (χ4v) is 3.70. The Labute approximate surface area is 161 Å². The molecule has 4 rings (SSSR count). The molecule has 0 N–H and O–H groups in total. The minimum Gasteiger partial charge on any atom is -0.327 e. The number of nitrogens with zero attached hydrogens (tertiary/aromatic N) is 6. The second-order valence-corrected chi connectivity index (χ2v) is 6.92. The summed E-state index contributed by atoms with van der Waals surface area (Å²) in [6.07, 6.45) is 7.81. The zero-order valence-electron chi connectivity index (χ0n) is 15.1. The highest BCUT2D eigenvalue weighted by atomic mass is 35.5. The Bertz CT molecular complexity index is 1000. The van der Waals surface area contributed by atoms with E-state index in [-0.39, 0.29) is 11.9 Å². The molecule has 0 spiro atoms. The summed E-state index contributed by atoms with van der Waals surface area (Å²) in [5, 5.41) is 12.6. The predicted molar refractivity (Wildman–Crippen MR) is 102 cm³/mol. The SMILES string of the molecule is Cn1nncc1/C=C/CN1C(=O)c2ccccc2[C@@H]1Cc1c(Cl)cnn1C. The third kappa shape index (κ3) is 3.14. The lowest BCUT2D eigenvalue weighted by Crippen LogP contribution is -2.30. The first-order chi connectivity index (χ1) is 13.1. The van der Waals surface area contributed by atoms with E-state index in [2.05, 4.69) is 15.4 Å². The molecule has 3 heterocycles. The lowest BCUT2D eigenvalue weighted by Gasteiger charge is -2.24. The largest absolute Gasteiger partial charge is 0.327 e. The number of rotatable bonds is 5. The summed E-state index contributed by atoms with van der Waals surface area (Å²) < 4.78 is 3.45. The fourth-order valence-electron chi connectivity index (χ4n) is 3.46. The van der Waals surface area contributed by atoms with Crippen LogP contribution in [-0.4, -0.2) is 42.1 Å². The number of fused-ring (bicyclic) bond motifs is 1. The number of amides is 1. The summed E-state index contributed by atoms with van der Waals surface area (Å²) in [7, 11) is 3.69. The summed E-state index contributed by atoms with van der Waals surface area (Å²) in [5.41, 5.74) is 3.56. The number of benzene rings is 1. The second-order valence-electron chi connectivity index (χ2n) is 6.51. The molecule has 3 aromatic rings. The molecule has 1 atom stereocenters. The van der Waals surface area contributed by atoms with E-state index in [9.17, 15) is 4.79 Å². The van der Waals surface area contributed by atoms with Crippen LogP contribution in [0.2, 0.25) is 5.02 Å². The number of hydrogen-bond acceptors (Lipinski definition) is 4. The molecule has 0 fully saturated rings. The molecule has 0 aliphatic carbocycles. The molecule has 1 aliphatic rings. The first-order valence-electron chi connectivity index (χ1n) is 8.63. The van der Waals surface area contributed by atoms with Gasteiger partial charge in [-0.2, -0.15) is 5.10 Å². The summed E-state index contributed by atoms with van der Waals surface area (Å²) in [4.78, 5) is 14.8. The van der Waals surface area contributed by atoms with Crippen LogP contribution < -0.4 is 0 Å². The maximum atomic E-state index is 13.0. The Morgan fingerprint density at radius 2 is 2.00 bits per heavy atom. The number of carbonyl (C=O) groups is 1. The van der Waals surface area contributed by atoms with E-state index in [1.165, 1.54) is 0 Å². The number of aryl methyl sites for hydroxylation is 2. The molecule has 27 heavy (non-hydrogen) atoms. The van der Waals surface area contributed by atoms with Crippen molar-refractivity contribution in [3.63, 3.8) is 0 Å². The molecule has 1 aromatic carbocycles. The van der Waals surface area contributed by atoms with Crippen molar-refractivity contribution >= 4 is 23.6 Å². The van der Waals surface area contributed by atoms with Crippen molar-refractivity contribution in [2.75, 3.05) is 6.54 Å². The minimum absolute atomic E-state index is 0.0293. The van der Waals surface area contributed by atoms with Crippen LogP contribution in [0, 0.1) is 0 Å². The highest BCUT2D eigenvalue weighted by molar-refractivity contribution is 6.31. The van der Waals surface area contributed by atoms with Gasteiger partial charge in [0.1, 0.15) is 0 Å². The Hall–Kier alpha value is -2.93. The van der Waals surface area contributed by atoms with Crippen LogP contribution in [0.5, 0.6) is 0 Å². The molecule has 0 radical (unpaired) electrons. The Morgan fingerprint density at radius 1 is 1.19 bits per heavy atom. The lowest BCUT2D eigenvalue weighted by molar-refractivity contribution is 0.0746. The van der Waals surface area contributed by atoms with Crippen LogP contribution in [0.25, 0.3) is 6.08 Å². The maximum Gasteiger partial charge on any atom is 0.255 e. The molecule has 2 aromatic heterocycles. The van der Waals surface area contributed by atoms with Gasteiger partial charge in [0.05, 0.1) is 34.8 Å². The molecule has 8 heteroatoms. The van der Waals surface area contributed by atoms with Gasteiger partial charge < -0.3 is 4.90 Å². The van der Waals surface area contributed by atoms with Crippen molar-refractivity contribution in [3.8, 4) is 0 Å². The fraction of sp³-hybridized carbons (Fsp3) is 0.263. The van der Waals surface area contributed by atoms with Crippen molar-refractivity contribution in [1.29, 1.82) is 0 Å². The zero-order valence-corrected chi connectivity index (χ0v) is 15.8. The minimum atomic E-state index is -0.0871. The van der Waals surface area contributed by atoms with Crippen molar-refractivity contribution in [3.05, 3.63) is 70.3 Å². The summed E-state index contributed by atoms with van der Waals surface area (Å²) in [6, 6.07) is 7.66. The van der Waals surface area contributed by atoms with Crippen molar-refractivity contribution in [2.45, 2.75) is 12.5 Å². The van der Waals surface area contributed by atoms with Crippen LogP contribution in [0.1, 0.15) is 33.4 Å². The van der Waals surface area contributed by atoms with E-state index in [4.69, 9.17) is 11.6 Å². The van der Waals surface area contributed by atoms with Crippen molar-refractivity contribution in [2.24, 2.45) is 14.1 Å². The van der Waals surface area contributed by atoms with E-state index >= 15 is 0 Å². The van der Waals surface area contributed by atoms with E-state index in [0.29, 0.717) is 18.0 Å². The molecule has 1 amide bonds.